The molecule has 2 aromatic heterocycles. The van der Waals surface area contributed by atoms with E-state index in [9.17, 15) is 9.65 Å². The largest absolute Gasteiger partial charge is 0.373 e. The Balaban J connectivity index is 1.58. The summed E-state index contributed by atoms with van der Waals surface area (Å²) < 4.78 is 20.4. The summed E-state index contributed by atoms with van der Waals surface area (Å²) in [7, 11) is 0. The number of morpholine rings is 1. The number of hydrogen-bond donors (Lipinski definition) is 1. The smallest absolute Gasteiger partial charge is 0.124 e. The van der Waals surface area contributed by atoms with Gasteiger partial charge in [-0.05, 0) is 48.2 Å². The Kier molecular flexibility index (Phi) is 6.35. The Morgan fingerprint density at radius 3 is 2.88 bits per heavy atom. The third-order valence-corrected chi connectivity index (χ3v) is 6.36. The van der Waals surface area contributed by atoms with Crippen LogP contribution in [0.4, 0.5) is 10.1 Å². The Morgan fingerprint density at radius 2 is 2.03 bits per heavy atom. The summed E-state index contributed by atoms with van der Waals surface area (Å²) in [5.41, 5.74) is 5.81. The van der Waals surface area contributed by atoms with E-state index >= 15 is 0 Å². The molecular weight excluding hydrogens is 429 g/mol. The van der Waals surface area contributed by atoms with Gasteiger partial charge in [-0.2, -0.15) is 5.26 Å². The molecule has 0 saturated carbocycles. The first-order valence-electron chi connectivity index (χ1n) is 11.5. The summed E-state index contributed by atoms with van der Waals surface area (Å²) in [4.78, 5) is 11.0. The van der Waals surface area contributed by atoms with E-state index in [0.29, 0.717) is 18.2 Å². The van der Waals surface area contributed by atoms with Gasteiger partial charge >= 0.3 is 0 Å². The number of piperidine rings is 1. The lowest BCUT2D eigenvalue weighted by Crippen LogP contribution is -2.58. The van der Waals surface area contributed by atoms with Gasteiger partial charge in [0.25, 0.3) is 0 Å². The van der Waals surface area contributed by atoms with Crippen LogP contribution in [0.5, 0.6) is 0 Å². The van der Waals surface area contributed by atoms with Crippen LogP contribution >= 0.6 is 0 Å². The first kappa shape index (κ1) is 22.2. The zero-order chi connectivity index (χ0) is 23.5. The molecule has 2 aliphatic heterocycles. The fraction of sp³-hybridized carbons (Fsp3) is 0.296. The summed E-state index contributed by atoms with van der Waals surface area (Å²) in [6.07, 6.45) is 11.9. The molecule has 4 heterocycles. The zero-order valence-electron chi connectivity index (χ0n) is 19.0. The van der Waals surface area contributed by atoms with Gasteiger partial charge in [0.15, 0.2) is 0 Å². The van der Waals surface area contributed by atoms with Crippen LogP contribution in [0.1, 0.15) is 28.7 Å². The van der Waals surface area contributed by atoms with E-state index in [1.807, 2.05) is 37.5 Å². The van der Waals surface area contributed by atoms with Crippen molar-refractivity contribution in [3.05, 3.63) is 77.1 Å². The van der Waals surface area contributed by atoms with Gasteiger partial charge in [0, 0.05) is 61.6 Å². The van der Waals surface area contributed by atoms with E-state index in [-0.39, 0.29) is 11.9 Å². The molecule has 34 heavy (non-hydrogen) atoms. The number of nitriles is 1. The highest BCUT2D eigenvalue weighted by atomic mass is 19.1. The molecule has 0 radical (unpaired) electrons. The molecule has 5 rings (SSSR count). The van der Waals surface area contributed by atoms with Crippen molar-refractivity contribution in [2.45, 2.75) is 25.5 Å². The van der Waals surface area contributed by atoms with Gasteiger partial charge < -0.3 is 15.0 Å². The monoisotopic (exact) mass is 455 g/mol. The zero-order valence-corrected chi connectivity index (χ0v) is 19.0. The first-order chi connectivity index (χ1) is 16.6. The van der Waals surface area contributed by atoms with E-state index in [2.05, 4.69) is 26.3 Å². The van der Waals surface area contributed by atoms with Crippen molar-refractivity contribution in [1.29, 1.82) is 5.26 Å². The third-order valence-electron chi connectivity index (χ3n) is 6.36. The molecular formula is C27H26FN5O. The summed E-state index contributed by atoms with van der Waals surface area (Å²) in [6, 6.07) is 9.35. The molecule has 6 nitrogen and oxygen atoms in total. The van der Waals surface area contributed by atoms with Crippen LogP contribution < -0.4 is 10.2 Å². The van der Waals surface area contributed by atoms with E-state index in [4.69, 9.17) is 4.74 Å². The van der Waals surface area contributed by atoms with Crippen LogP contribution in [0.3, 0.4) is 0 Å². The molecule has 0 amide bonds. The second-order valence-electron chi connectivity index (χ2n) is 8.80. The Hall–Kier alpha value is -3.60. The number of ether oxygens (including phenoxy) is 1. The number of nitrogens with one attached hydrogen (secondary N) is 1. The molecule has 2 fully saturated rings. The Labute approximate surface area is 198 Å². The molecule has 2 atom stereocenters. The summed E-state index contributed by atoms with van der Waals surface area (Å²) in [5.74, 6) is -0.264. The second-order valence-corrected chi connectivity index (χ2v) is 8.80. The number of rotatable bonds is 4. The van der Waals surface area contributed by atoms with Gasteiger partial charge in [-0.15, -0.1) is 0 Å². The Morgan fingerprint density at radius 1 is 1.15 bits per heavy atom. The molecule has 2 aliphatic rings. The van der Waals surface area contributed by atoms with Crippen LogP contribution in [0.25, 0.3) is 23.3 Å². The maximum absolute atomic E-state index is 14.3. The molecule has 0 unspecified atom stereocenters. The van der Waals surface area contributed by atoms with Crippen molar-refractivity contribution in [2.75, 3.05) is 31.1 Å². The van der Waals surface area contributed by atoms with Crippen LogP contribution in [-0.2, 0) is 4.74 Å². The summed E-state index contributed by atoms with van der Waals surface area (Å²) >= 11 is 0. The number of hydrogen-bond acceptors (Lipinski definition) is 6. The van der Waals surface area contributed by atoms with Crippen molar-refractivity contribution in [3.63, 3.8) is 0 Å². The molecule has 2 saturated heterocycles. The standard InChI is InChI=1S/C27H26FN5O/c1-18-8-22(11-23(28)9-18)24-16-31-15-21(3-2-19-10-20(12-29)14-30-13-19)27(24)33-6-4-25-26(17-33)34-7-5-32-25/h2-3,8-11,13-16,25-26,32H,4-7,17H2,1H3/t25-,26-/m1/s1. The fourth-order valence-electron chi connectivity index (χ4n) is 4.82. The number of anilines is 1. The highest BCUT2D eigenvalue weighted by Crippen LogP contribution is 2.37. The lowest BCUT2D eigenvalue weighted by atomic mass is 9.95. The third kappa shape index (κ3) is 4.69. The van der Waals surface area contributed by atoms with Crippen LogP contribution in [0.2, 0.25) is 0 Å². The molecule has 172 valence electrons. The van der Waals surface area contributed by atoms with Crippen LogP contribution in [0, 0.1) is 24.1 Å². The van der Waals surface area contributed by atoms with Crippen molar-refractivity contribution in [3.8, 4) is 17.2 Å². The SMILES string of the molecule is Cc1cc(F)cc(-c2cncc(C=Cc3cncc(C#N)c3)c2N2CC[C@H]3NCCO[C@@H]3C2)c1. The highest BCUT2D eigenvalue weighted by molar-refractivity contribution is 5.87. The summed E-state index contributed by atoms with van der Waals surface area (Å²) in [6.45, 7) is 5.08. The van der Waals surface area contributed by atoms with Gasteiger partial charge in [-0.25, -0.2) is 4.39 Å². The van der Waals surface area contributed by atoms with E-state index in [1.165, 1.54) is 6.07 Å². The van der Waals surface area contributed by atoms with Crippen LogP contribution in [-0.4, -0.2) is 48.4 Å². The predicted octanol–water partition coefficient (Wildman–Crippen LogP) is 4.20. The number of pyridine rings is 2. The molecule has 0 spiro atoms. The molecule has 1 N–H and O–H groups in total. The fourth-order valence-corrected chi connectivity index (χ4v) is 4.82. The van der Waals surface area contributed by atoms with Crippen molar-refractivity contribution in [2.24, 2.45) is 0 Å². The normalized spacial score (nSPS) is 20.2. The predicted molar refractivity (Wildman–Crippen MR) is 131 cm³/mol. The van der Waals surface area contributed by atoms with Crippen molar-refractivity contribution < 1.29 is 9.13 Å². The molecule has 0 bridgehead atoms. The summed E-state index contributed by atoms with van der Waals surface area (Å²) in [5, 5.41) is 12.8. The first-order valence-corrected chi connectivity index (χ1v) is 11.5. The molecule has 3 aromatic rings. The van der Waals surface area contributed by atoms with E-state index in [1.54, 1.807) is 24.5 Å². The molecule has 1 aromatic carbocycles. The second kappa shape index (κ2) is 9.72. The van der Waals surface area contributed by atoms with Crippen molar-refractivity contribution >= 4 is 17.8 Å². The van der Waals surface area contributed by atoms with Gasteiger partial charge in [0.1, 0.15) is 11.9 Å². The van der Waals surface area contributed by atoms with Gasteiger partial charge in [-0.1, -0.05) is 18.2 Å². The van der Waals surface area contributed by atoms with Crippen molar-refractivity contribution in [1.82, 2.24) is 15.3 Å². The number of halogens is 1. The number of aromatic nitrogens is 2. The average Bonchev–Trinajstić information content (AvgIpc) is 2.86. The number of benzene rings is 1. The number of aryl methyl sites for hydroxylation is 1. The lowest BCUT2D eigenvalue weighted by molar-refractivity contribution is -0.00901. The number of fused-ring (bicyclic) bond motifs is 1. The molecule has 0 aliphatic carbocycles. The molecule has 7 heteroatoms. The average molecular weight is 456 g/mol. The topological polar surface area (TPSA) is 74.1 Å². The van der Waals surface area contributed by atoms with Gasteiger partial charge in [0.2, 0.25) is 0 Å². The van der Waals surface area contributed by atoms with E-state index in [0.717, 1.165) is 59.6 Å². The maximum atomic E-state index is 14.3. The quantitative estimate of drug-likeness (QED) is 0.636. The minimum absolute atomic E-state index is 0.103. The van der Waals surface area contributed by atoms with E-state index < -0.39 is 0 Å². The lowest BCUT2D eigenvalue weighted by Gasteiger charge is -2.43. The van der Waals surface area contributed by atoms with Crippen LogP contribution in [0.15, 0.2) is 49.1 Å². The Bertz CT molecular complexity index is 1250. The highest BCUT2D eigenvalue weighted by Gasteiger charge is 2.33. The number of nitrogens with zero attached hydrogens (tertiary/aromatic N) is 4. The van der Waals surface area contributed by atoms with Gasteiger partial charge in [0.05, 0.1) is 24.0 Å². The van der Waals surface area contributed by atoms with Gasteiger partial charge in [-0.3, -0.25) is 9.97 Å². The minimum Gasteiger partial charge on any atom is -0.373 e. The minimum atomic E-state index is -0.264. The maximum Gasteiger partial charge on any atom is 0.124 e.